The van der Waals surface area contributed by atoms with Gasteiger partial charge in [-0.1, -0.05) is 36.4 Å². The zero-order valence-corrected chi connectivity index (χ0v) is 16.4. The molecule has 1 aromatic heterocycles. The van der Waals surface area contributed by atoms with Crippen LogP contribution < -0.4 is 4.74 Å². The Bertz CT molecular complexity index is 876. The second-order valence-corrected chi connectivity index (χ2v) is 7.69. The lowest BCUT2D eigenvalue weighted by Gasteiger charge is -2.41. The summed E-state index contributed by atoms with van der Waals surface area (Å²) in [5.41, 5.74) is -0.318. The minimum atomic E-state index is -4.60. The summed E-state index contributed by atoms with van der Waals surface area (Å²) in [6.45, 7) is 3.13. The van der Waals surface area contributed by atoms with E-state index in [9.17, 15) is 18.3 Å². The van der Waals surface area contributed by atoms with E-state index in [-0.39, 0.29) is 12.5 Å². The predicted octanol–water partition coefficient (Wildman–Crippen LogP) is 3.50. The van der Waals surface area contributed by atoms with E-state index in [4.69, 9.17) is 18.9 Å². The standard InChI is InChI=1S/C21H22F3NO5/c1-20(2)29-17-13(11-26)27-16(12-7-4-3-5-8-12)18(19(17)30-20)28-15-10-6-9-14(25-15)21(22,23)24/h3-10,13,16-19,26H,11H2,1-2H3/t13-,16-,17+,18+,19+/m1/s1. The molecule has 0 unspecified atom stereocenters. The average molecular weight is 425 g/mol. The third-order valence-corrected chi connectivity index (χ3v) is 5.05. The maximum Gasteiger partial charge on any atom is 0.433 e. The van der Waals surface area contributed by atoms with Crippen molar-refractivity contribution in [3.8, 4) is 5.88 Å². The van der Waals surface area contributed by atoms with E-state index in [0.29, 0.717) is 0 Å². The fourth-order valence-corrected chi connectivity index (χ4v) is 3.84. The molecule has 6 nitrogen and oxygen atoms in total. The van der Waals surface area contributed by atoms with Crippen molar-refractivity contribution in [1.29, 1.82) is 0 Å². The number of hydrogen-bond acceptors (Lipinski definition) is 6. The summed E-state index contributed by atoms with van der Waals surface area (Å²) < 4.78 is 63.2. The highest BCUT2D eigenvalue weighted by atomic mass is 19.4. The number of alkyl halides is 3. The number of halogens is 3. The van der Waals surface area contributed by atoms with Gasteiger partial charge in [0.2, 0.25) is 5.88 Å². The molecule has 2 aromatic rings. The summed E-state index contributed by atoms with van der Waals surface area (Å²) in [7, 11) is 0. The summed E-state index contributed by atoms with van der Waals surface area (Å²) in [6.07, 6.45) is -8.18. The minimum absolute atomic E-state index is 0.200. The molecule has 0 radical (unpaired) electrons. The number of fused-ring (bicyclic) bond motifs is 1. The monoisotopic (exact) mass is 425 g/mol. The van der Waals surface area contributed by atoms with Crippen molar-refractivity contribution in [2.24, 2.45) is 0 Å². The molecule has 162 valence electrons. The molecule has 2 saturated heterocycles. The molecular weight excluding hydrogens is 403 g/mol. The van der Waals surface area contributed by atoms with E-state index in [2.05, 4.69) is 4.98 Å². The Morgan fingerprint density at radius 1 is 1.03 bits per heavy atom. The maximum absolute atomic E-state index is 13.1. The Hall–Kier alpha value is -2.20. The van der Waals surface area contributed by atoms with Crippen LogP contribution in [0.1, 0.15) is 31.2 Å². The summed E-state index contributed by atoms with van der Waals surface area (Å²) in [5.74, 6) is -1.17. The predicted molar refractivity (Wildman–Crippen MR) is 98.6 cm³/mol. The minimum Gasteiger partial charge on any atom is -0.468 e. The van der Waals surface area contributed by atoms with E-state index in [1.807, 2.05) is 30.3 Å². The van der Waals surface area contributed by atoms with Gasteiger partial charge >= 0.3 is 6.18 Å². The van der Waals surface area contributed by atoms with Crippen molar-refractivity contribution in [2.75, 3.05) is 6.61 Å². The van der Waals surface area contributed by atoms with Gasteiger partial charge in [-0.25, -0.2) is 4.98 Å². The molecule has 1 N–H and O–H groups in total. The molecular formula is C21H22F3NO5. The van der Waals surface area contributed by atoms with Gasteiger partial charge in [-0.3, -0.25) is 0 Å². The first-order chi connectivity index (χ1) is 14.2. The van der Waals surface area contributed by atoms with Crippen LogP contribution in [0.2, 0.25) is 0 Å². The van der Waals surface area contributed by atoms with Crippen LogP contribution in [0.3, 0.4) is 0 Å². The van der Waals surface area contributed by atoms with Crippen LogP contribution in [0.5, 0.6) is 5.88 Å². The number of aliphatic hydroxyl groups is 1. The van der Waals surface area contributed by atoms with E-state index in [0.717, 1.165) is 11.6 Å². The Balaban J connectivity index is 1.71. The molecule has 2 fully saturated rings. The van der Waals surface area contributed by atoms with E-state index < -0.39 is 48.2 Å². The van der Waals surface area contributed by atoms with Gasteiger partial charge in [-0.15, -0.1) is 0 Å². The molecule has 1 aromatic carbocycles. The number of pyridine rings is 1. The Kier molecular flexibility index (Phi) is 5.48. The second-order valence-electron chi connectivity index (χ2n) is 7.69. The number of nitrogens with zero attached hydrogens (tertiary/aromatic N) is 1. The highest BCUT2D eigenvalue weighted by molar-refractivity contribution is 5.23. The highest BCUT2D eigenvalue weighted by Gasteiger charge is 2.56. The Morgan fingerprint density at radius 2 is 1.73 bits per heavy atom. The van der Waals surface area contributed by atoms with Crippen molar-refractivity contribution >= 4 is 0 Å². The van der Waals surface area contributed by atoms with Gasteiger partial charge in [0, 0.05) is 6.07 Å². The lowest BCUT2D eigenvalue weighted by Crippen LogP contribution is -2.56. The van der Waals surface area contributed by atoms with Crippen LogP contribution in [-0.2, 0) is 20.4 Å². The van der Waals surface area contributed by atoms with Crippen molar-refractivity contribution in [3.05, 3.63) is 59.8 Å². The van der Waals surface area contributed by atoms with Crippen LogP contribution in [0.4, 0.5) is 13.2 Å². The number of hydrogen-bond donors (Lipinski definition) is 1. The van der Waals surface area contributed by atoms with Crippen LogP contribution in [0.25, 0.3) is 0 Å². The summed E-state index contributed by atoms with van der Waals surface area (Å²) in [6, 6.07) is 12.6. The van der Waals surface area contributed by atoms with Crippen LogP contribution >= 0.6 is 0 Å². The lowest BCUT2D eigenvalue weighted by atomic mass is 9.91. The molecule has 4 rings (SSSR count). The van der Waals surface area contributed by atoms with E-state index in [1.54, 1.807) is 13.8 Å². The molecule has 30 heavy (non-hydrogen) atoms. The number of benzene rings is 1. The van der Waals surface area contributed by atoms with Crippen LogP contribution in [0, 0.1) is 0 Å². The number of rotatable bonds is 4. The molecule has 3 heterocycles. The Morgan fingerprint density at radius 3 is 2.40 bits per heavy atom. The number of aliphatic hydroxyl groups excluding tert-OH is 1. The molecule has 0 aliphatic carbocycles. The first kappa shape index (κ1) is 21.0. The first-order valence-corrected chi connectivity index (χ1v) is 9.56. The fourth-order valence-electron chi connectivity index (χ4n) is 3.84. The Labute approximate surface area is 171 Å². The van der Waals surface area contributed by atoms with Crippen molar-refractivity contribution in [2.45, 2.75) is 56.3 Å². The fraction of sp³-hybridized carbons (Fsp3) is 0.476. The lowest BCUT2D eigenvalue weighted by molar-refractivity contribution is -0.192. The van der Waals surface area contributed by atoms with Crippen LogP contribution in [-0.4, -0.2) is 46.9 Å². The van der Waals surface area contributed by atoms with E-state index in [1.165, 1.54) is 12.1 Å². The molecule has 0 saturated carbocycles. The average Bonchev–Trinajstić information content (AvgIpc) is 3.04. The molecule has 0 bridgehead atoms. The molecule has 9 heteroatoms. The third kappa shape index (κ3) is 4.15. The third-order valence-electron chi connectivity index (χ3n) is 5.05. The molecule has 5 atom stereocenters. The highest BCUT2D eigenvalue weighted by Crippen LogP contribution is 2.43. The summed E-state index contributed by atoms with van der Waals surface area (Å²) in [4.78, 5) is 3.61. The van der Waals surface area contributed by atoms with Gasteiger partial charge in [0.05, 0.1) is 6.61 Å². The maximum atomic E-state index is 13.1. The van der Waals surface area contributed by atoms with Gasteiger partial charge < -0.3 is 24.1 Å². The first-order valence-electron chi connectivity index (χ1n) is 9.56. The molecule has 2 aliphatic rings. The van der Waals surface area contributed by atoms with Gasteiger partial charge in [-0.05, 0) is 25.5 Å². The van der Waals surface area contributed by atoms with Crippen molar-refractivity contribution in [3.63, 3.8) is 0 Å². The zero-order valence-electron chi connectivity index (χ0n) is 16.4. The number of ether oxygens (including phenoxy) is 4. The second kappa shape index (κ2) is 7.81. The summed E-state index contributed by atoms with van der Waals surface area (Å²) in [5, 5.41) is 9.84. The van der Waals surface area contributed by atoms with Crippen molar-refractivity contribution < 1.29 is 37.2 Å². The van der Waals surface area contributed by atoms with E-state index >= 15 is 0 Å². The molecule has 0 amide bonds. The number of aromatic nitrogens is 1. The largest absolute Gasteiger partial charge is 0.468 e. The summed E-state index contributed by atoms with van der Waals surface area (Å²) >= 11 is 0. The SMILES string of the molecule is CC1(C)O[C@@H]2[C@@H](Oc3cccc(C(F)(F)F)n3)[C@@H](c3ccccc3)O[C@H](CO)[C@@H]2O1. The normalized spacial score (nSPS) is 30.7. The van der Waals surface area contributed by atoms with Gasteiger partial charge in [0.15, 0.2) is 11.9 Å². The topological polar surface area (TPSA) is 70.0 Å². The smallest absolute Gasteiger partial charge is 0.433 e. The molecule has 0 spiro atoms. The molecule has 2 aliphatic heterocycles. The quantitative estimate of drug-likeness (QED) is 0.809. The van der Waals surface area contributed by atoms with Gasteiger partial charge in [0.1, 0.15) is 30.1 Å². The van der Waals surface area contributed by atoms with Crippen LogP contribution in [0.15, 0.2) is 48.5 Å². The van der Waals surface area contributed by atoms with Gasteiger partial charge in [-0.2, -0.15) is 13.2 Å². The zero-order chi connectivity index (χ0) is 21.5. The van der Waals surface area contributed by atoms with Crippen molar-refractivity contribution in [1.82, 2.24) is 4.98 Å². The van der Waals surface area contributed by atoms with Gasteiger partial charge in [0.25, 0.3) is 0 Å².